The summed E-state index contributed by atoms with van der Waals surface area (Å²) in [7, 11) is 3.36. The molecule has 0 aliphatic rings. The standard InChI is InChI=1S/C23H24N4O2/c1-16-5-4-6-18(13-16)27-14-20(17-7-9-19(29-3)10-8-17)21-22(24-11-12-28-2)25-15-26-23(21)27/h4-10,13-15H,11-12H2,1-3H3,(H,24,25,26). The van der Waals surface area contributed by atoms with Crippen LogP contribution in [0.15, 0.2) is 61.1 Å². The largest absolute Gasteiger partial charge is 0.497 e. The number of hydrogen-bond donors (Lipinski definition) is 1. The van der Waals surface area contributed by atoms with Crippen molar-refractivity contribution in [1.82, 2.24) is 14.5 Å². The van der Waals surface area contributed by atoms with Gasteiger partial charge in [0, 0.05) is 31.1 Å². The van der Waals surface area contributed by atoms with Crippen molar-refractivity contribution in [2.75, 3.05) is 32.7 Å². The van der Waals surface area contributed by atoms with E-state index in [4.69, 9.17) is 9.47 Å². The molecule has 0 bridgehead atoms. The summed E-state index contributed by atoms with van der Waals surface area (Å²) in [6.45, 7) is 3.36. The van der Waals surface area contributed by atoms with E-state index < -0.39 is 0 Å². The zero-order chi connectivity index (χ0) is 20.2. The van der Waals surface area contributed by atoms with Crippen molar-refractivity contribution in [1.29, 1.82) is 0 Å². The third kappa shape index (κ3) is 3.79. The van der Waals surface area contributed by atoms with Crippen LogP contribution in [0.1, 0.15) is 5.56 Å². The molecule has 0 amide bonds. The van der Waals surface area contributed by atoms with Gasteiger partial charge in [-0.05, 0) is 42.3 Å². The minimum Gasteiger partial charge on any atom is -0.497 e. The molecule has 29 heavy (non-hydrogen) atoms. The number of methoxy groups -OCH3 is 2. The predicted molar refractivity (Wildman–Crippen MR) is 116 cm³/mol. The molecule has 0 fully saturated rings. The molecule has 4 aromatic rings. The van der Waals surface area contributed by atoms with Gasteiger partial charge in [0.2, 0.25) is 0 Å². The Kier molecular flexibility index (Phi) is 5.44. The van der Waals surface area contributed by atoms with Gasteiger partial charge in [0.25, 0.3) is 0 Å². The number of anilines is 1. The third-order valence-corrected chi connectivity index (χ3v) is 4.86. The van der Waals surface area contributed by atoms with Crippen molar-refractivity contribution < 1.29 is 9.47 Å². The van der Waals surface area contributed by atoms with E-state index in [0.29, 0.717) is 13.2 Å². The zero-order valence-corrected chi connectivity index (χ0v) is 16.8. The normalized spacial score (nSPS) is 11.0. The highest BCUT2D eigenvalue weighted by molar-refractivity contribution is 6.02. The smallest absolute Gasteiger partial charge is 0.150 e. The van der Waals surface area contributed by atoms with E-state index in [2.05, 4.69) is 69.4 Å². The lowest BCUT2D eigenvalue weighted by Gasteiger charge is -2.09. The van der Waals surface area contributed by atoms with Gasteiger partial charge in [0.1, 0.15) is 17.9 Å². The van der Waals surface area contributed by atoms with Gasteiger partial charge >= 0.3 is 0 Å². The van der Waals surface area contributed by atoms with Crippen LogP contribution in [0, 0.1) is 6.92 Å². The van der Waals surface area contributed by atoms with Crippen LogP contribution < -0.4 is 10.1 Å². The monoisotopic (exact) mass is 388 g/mol. The fourth-order valence-corrected chi connectivity index (χ4v) is 3.43. The Morgan fingerprint density at radius 3 is 2.59 bits per heavy atom. The first-order valence-corrected chi connectivity index (χ1v) is 9.51. The van der Waals surface area contributed by atoms with Gasteiger partial charge in [0.05, 0.1) is 19.1 Å². The first-order chi connectivity index (χ1) is 14.2. The topological polar surface area (TPSA) is 61.2 Å². The molecule has 0 saturated heterocycles. The number of nitrogens with one attached hydrogen (secondary N) is 1. The Labute approximate surface area is 170 Å². The second-order valence-corrected chi connectivity index (χ2v) is 6.82. The van der Waals surface area contributed by atoms with Crippen molar-refractivity contribution in [3.63, 3.8) is 0 Å². The number of benzene rings is 2. The molecule has 0 unspecified atom stereocenters. The van der Waals surface area contributed by atoms with Gasteiger partial charge in [-0.25, -0.2) is 9.97 Å². The van der Waals surface area contributed by atoms with Gasteiger partial charge < -0.3 is 19.4 Å². The number of aromatic nitrogens is 3. The maximum absolute atomic E-state index is 5.31. The van der Waals surface area contributed by atoms with Gasteiger partial charge in [-0.3, -0.25) is 0 Å². The van der Waals surface area contributed by atoms with Crippen LogP contribution in [-0.2, 0) is 4.74 Å². The van der Waals surface area contributed by atoms with Crippen LogP contribution in [0.2, 0.25) is 0 Å². The summed E-state index contributed by atoms with van der Waals surface area (Å²) in [5, 5.41) is 4.37. The Hall–Kier alpha value is -3.38. The van der Waals surface area contributed by atoms with Gasteiger partial charge in [-0.2, -0.15) is 0 Å². The van der Waals surface area contributed by atoms with Gasteiger partial charge in [0.15, 0.2) is 5.65 Å². The summed E-state index contributed by atoms with van der Waals surface area (Å²) in [6.07, 6.45) is 3.72. The molecule has 6 heteroatoms. The molecule has 2 aromatic carbocycles. The highest BCUT2D eigenvalue weighted by Crippen LogP contribution is 2.36. The van der Waals surface area contributed by atoms with Gasteiger partial charge in [-0.15, -0.1) is 0 Å². The summed E-state index contributed by atoms with van der Waals surface area (Å²) in [4.78, 5) is 9.12. The first kappa shape index (κ1) is 19.0. The minimum absolute atomic E-state index is 0.599. The Balaban J connectivity index is 1.92. The van der Waals surface area contributed by atoms with Crippen LogP contribution in [0.3, 0.4) is 0 Å². The average molecular weight is 388 g/mol. The summed E-state index contributed by atoms with van der Waals surface area (Å²) in [6, 6.07) is 16.4. The fraction of sp³-hybridized carbons (Fsp3) is 0.217. The molecule has 0 aliphatic carbocycles. The van der Waals surface area contributed by atoms with E-state index in [9.17, 15) is 0 Å². The summed E-state index contributed by atoms with van der Waals surface area (Å²) in [5.74, 6) is 1.62. The number of hydrogen-bond acceptors (Lipinski definition) is 5. The number of aryl methyl sites for hydroxylation is 1. The van der Waals surface area contributed by atoms with E-state index in [1.807, 2.05) is 12.1 Å². The Morgan fingerprint density at radius 1 is 1.03 bits per heavy atom. The lowest BCUT2D eigenvalue weighted by Crippen LogP contribution is -2.09. The predicted octanol–water partition coefficient (Wildman–Crippen LogP) is 4.46. The molecule has 148 valence electrons. The van der Waals surface area contributed by atoms with Crippen LogP contribution in [-0.4, -0.2) is 41.9 Å². The average Bonchev–Trinajstić information content (AvgIpc) is 3.15. The quantitative estimate of drug-likeness (QED) is 0.474. The number of fused-ring (bicyclic) bond motifs is 1. The van der Waals surface area contributed by atoms with E-state index in [0.717, 1.165) is 39.4 Å². The van der Waals surface area contributed by atoms with Crippen molar-refractivity contribution in [2.45, 2.75) is 6.92 Å². The van der Waals surface area contributed by atoms with Crippen molar-refractivity contribution >= 4 is 16.9 Å². The molecule has 2 heterocycles. The molecule has 0 saturated carbocycles. The van der Waals surface area contributed by atoms with Crippen LogP contribution >= 0.6 is 0 Å². The van der Waals surface area contributed by atoms with Crippen LogP contribution in [0.5, 0.6) is 5.75 Å². The zero-order valence-electron chi connectivity index (χ0n) is 16.8. The Bertz CT molecular complexity index is 1120. The third-order valence-electron chi connectivity index (χ3n) is 4.86. The van der Waals surface area contributed by atoms with E-state index >= 15 is 0 Å². The van der Waals surface area contributed by atoms with E-state index in [1.165, 1.54) is 5.56 Å². The Morgan fingerprint density at radius 2 is 1.86 bits per heavy atom. The summed E-state index contributed by atoms with van der Waals surface area (Å²) < 4.78 is 12.6. The van der Waals surface area contributed by atoms with Crippen molar-refractivity contribution in [3.05, 3.63) is 66.6 Å². The molecule has 0 radical (unpaired) electrons. The molecule has 6 nitrogen and oxygen atoms in total. The number of ether oxygens (including phenoxy) is 2. The lowest BCUT2D eigenvalue weighted by atomic mass is 10.1. The second-order valence-electron chi connectivity index (χ2n) is 6.82. The maximum Gasteiger partial charge on any atom is 0.150 e. The number of rotatable bonds is 7. The van der Waals surface area contributed by atoms with Crippen LogP contribution in [0.25, 0.3) is 27.8 Å². The maximum atomic E-state index is 5.31. The molecule has 4 rings (SSSR count). The highest BCUT2D eigenvalue weighted by atomic mass is 16.5. The van der Waals surface area contributed by atoms with Gasteiger partial charge in [-0.1, -0.05) is 24.3 Å². The molecule has 2 aromatic heterocycles. The van der Waals surface area contributed by atoms with E-state index in [-0.39, 0.29) is 0 Å². The molecule has 0 atom stereocenters. The van der Waals surface area contributed by atoms with Crippen molar-refractivity contribution in [2.24, 2.45) is 0 Å². The lowest BCUT2D eigenvalue weighted by molar-refractivity contribution is 0.210. The highest BCUT2D eigenvalue weighted by Gasteiger charge is 2.17. The summed E-state index contributed by atoms with van der Waals surface area (Å²) in [5.41, 5.74) is 5.26. The summed E-state index contributed by atoms with van der Waals surface area (Å²) >= 11 is 0. The molecular formula is C23H24N4O2. The van der Waals surface area contributed by atoms with E-state index in [1.54, 1.807) is 20.5 Å². The van der Waals surface area contributed by atoms with Crippen LogP contribution in [0.4, 0.5) is 5.82 Å². The fourth-order valence-electron chi connectivity index (χ4n) is 3.43. The molecular weight excluding hydrogens is 364 g/mol. The number of nitrogens with zero attached hydrogens (tertiary/aromatic N) is 3. The minimum atomic E-state index is 0.599. The molecule has 0 aliphatic heterocycles. The first-order valence-electron chi connectivity index (χ1n) is 9.51. The molecule has 0 spiro atoms. The second kappa shape index (κ2) is 8.32. The SMILES string of the molecule is COCCNc1ncnc2c1c(-c1ccc(OC)cc1)cn2-c1cccc(C)c1. The molecule has 1 N–H and O–H groups in total. The van der Waals surface area contributed by atoms with Crippen molar-refractivity contribution in [3.8, 4) is 22.6 Å².